The number of anilines is 1. The van der Waals surface area contributed by atoms with Crippen molar-refractivity contribution in [2.24, 2.45) is 0 Å². The van der Waals surface area contributed by atoms with Gasteiger partial charge in [0.25, 0.3) is 0 Å². The lowest BCUT2D eigenvalue weighted by atomic mass is 10.0. The molecule has 0 aliphatic carbocycles. The van der Waals surface area contributed by atoms with Crippen molar-refractivity contribution in [3.8, 4) is 22.4 Å². The van der Waals surface area contributed by atoms with Gasteiger partial charge in [-0.2, -0.15) is 4.68 Å². The van der Waals surface area contributed by atoms with Gasteiger partial charge in [-0.15, -0.1) is 9.50 Å². The van der Waals surface area contributed by atoms with E-state index in [-0.39, 0.29) is 23.3 Å². The first-order valence-corrected chi connectivity index (χ1v) is 9.82. The highest BCUT2D eigenvalue weighted by Gasteiger charge is 2.27. The smallest absolute Gasteiger partial charge is 0.376 e. The molecule has 0 spiro atoms. The van der Waals surface area contributed by atoms with E-state index in [4.69, 9.17) is 10.5 Å². The zero-order chi connectivity index (χ0) is 20.7. The van der Waals surface area contributed by atoms with Crippen LogP contribution in [0.15, 0.2) is 58.3 Å². The second-order valence-electron chi connectivity index (χ2n) is 7.33. The Morgan fingerprint density at radius 2 is 2.00 bits per heavy atom. The third-order valence-corrected chi connectivity index (χ3v) is 5.34. The normalized spacial score (nSPS) is 16.3. The second kappa shape index (κ2) is 7.27. The molecule has 4 heterocycles. The van der Waals surface area contributed by atoms with E-state index in [1.165, 1.54) is 15.1 Å². The number of H-pyrrole nitrogens is 2. The van der Waals surface area contributed by atoms with E-state index in [1.54, 1.807) is 12.3 Å². The van der Waals surface area contributed by atoms with Gasteiger partial charge in [0.05, 0.1) is 18.2 Å². The Kier molecular flexibility index (Phi) is 4.44. The number of nitrogens with one attached hydrogen (secondary N) is 2. The van der Waals surface area contributed by atoms with Crippen LogP contribution < -0.4 is 22.0 Å². The minimum Gasteiger partial charge on any atom is -0.376 e. The average molecular weight is 405 g/mol. The quantitative estimate of drug-likeness (QED) is 0.526. The number of nitrogens with two attached hydrogens (primary N) is 1. The van der Waals surface area contributed by atoms with Crippen LogP contribution in [0.2, 0.25) is 0 Å². The molecule has 1 atom stereocenters. The van der Waals surface area contributed by atoms with Gasteiger partial charge in [-0.1, -0.05) is 30.3 Å². The number of nitrogens with zero attached hydrogens (tertiary/aromatic N) is 3. The highest BCUT2D eigenvalue weighted by atomic mass is 16.5. The van der Waals surface area contributed by atoms with Crippen molar-refractivity contribution in [2.45, 2.75) is 25.5 Å². The molecule has 9 heteroatoms. The Morgan fingerprint density at radius 1 is 1.17 bits per heavy atom. The summed E-state index contributed by atoms with van der Waals surface area (Å²) in [6, 6.07) is 12.8. The fourth-order valence-corrected chi connectivity index (χ4v) is 3.91. The molecular formula is C21H21N6O3+. The number of aromatic nitrogens is 5. The summed E-state index contributed by atoms with van der Waals surface area (Å²) < 4.78 is 8.44. The maximum absolute atomic E-state index is 13.1. The minimum atomic E-state index is -0.334. The van der Waals surface area contributed by atoms with Gasteiger partial charge in [0.1, 0.15) is 5.69 Å². The van der Waals surface area contributed by atoms with E-state index in [0.29, 0.717) is 35.6 Å². The molecule has 0 saturated carbocycles. The zero-order valence-electron chi connectivity index (χ0n) is 16.2. The van der Waals surface area contributed by atoms with E-state index in [1.807, 2.05) is 30.3 Å². The molecular weight excluding hydrogens is 384 g/mol. The van der Waals surface area contributed by atoms with Gasteiger partial charge in [-0.25, -0.2) is 9.78 Å². The van der Waals surface area contributed by atoms with Crippen LogP contribution in [-0.4, -0.2) is 31.9 Å². The van der Waals surface area contributed by atoms with Crippen molar-refractivity contribution in [2.75, 3.05) is 12.3 Å². The summed E-state index contributed by atoms with van der Waals surface area (Å²) in [5, 5.41) is 4.62. The highest BCUT2D eigenvalue weighted by Crippen LogP contribution is 2.31. The topological polar surface area (TPSA) is 122 Å². The molecule has 5 rings (SSSR count). The zero-order valence-corrected chi connectivity index (χ0v) is 16.2. The Balaban J connectivity index is 1.79. The van der Waals surface area contributed by atoms with E-state index in [2.05, 4.69) is 15.1 Å². The summed E-state index contributed by atoms with van der Waals surface area (Å²) in [5.74, 6) is 0.181. The van der Waals surface area contributed by atoms with Gasteiger partial charge < -0.3 is 9.72 Å². The summed E-state index contributed by atoms with van der Waals surface area (Å²) >= 11 is 0. The van der Waals surface area contributed by atoms with Crippen LogP contribution in [-0.2, 0) is 11.3 Å². The molecule has 0 radical (unpaired) electrons. The molecule has 9 nitrogen and oxygen atoms in total. The lowest BCUT2D eigenvalue weighted by molar-refractivity contribution is -0.351. The molecule has 4 N–H and O–H groups in total. The first-order valence-electron chi connectivity index (χ1n) is 9.82. The third kappa shape index (κ3) is 3.09. The number of pyridine rings is 1. The summed E-state index contributed by atoms with van der Waals surface area (Å²) in [5.41, 5.74) is 9.11. The van der Waals surface area contributed by atoms with E-state index in [0.717, 1.165) is 18.4 Å². The standard InChI is InChI=1S/C21H20N6O3/c22-20-24-18(13-5-2-1-3-6-13)17(14-8-9-16(28)23-11-14)19-25-26(21(29)27(19)20)12-15-7-4-10-30-15/h1-3,5-6,8-9,11,15H,4,7,10,12H2,(H2,22,24)(H,23,28)/p+1/t15-/m1/s1. The van der Waals surface area contributed by atoms with Gasteiger partial charge in [-0.05, 0) is 18.9 Å². The SMILES string of the molecule is Nc1[nH+]c(-c2ccccc2)c(-c2ccc(=O)[nH]c2)c2nn(C[C@H]3CCCO3)c(=O)n12. The van der Waals surface area contributed by atoms with Crippen molar-refractivity contribution >= 4 is 11.6 Å². The van der Waals surface area contributed by atoms with Crippen molar-refractivity contribution in [3.05, 3.63) is 69.5 Å². The van der Waals surface area contributed by atoms with Crippen molar-refractivity contribution < 1.29 is 9.72 Å². The number of ether oxygens (including phenoxy) is 1. The molecule has 1 aliphatic heterocycles. The van der Waals surface area contributed by atoms with Crippen LogP contribution >= 0.6 is 0 Å². The van der Waals surface area contributed by atoms with E-state index < -0.39 is 0 Å². The average Bonchev–Trinajstić information content (AvgIpc) is 3.38. The number of nitrogen functional groups attached to an aromatic ring is 1. The van der Waals surface area contributed by atoms with E-state index in [9.17, 15) is 9.59 Å². The largest absolute Gasteiger partial charge is 0.411 e. The predicted octanol–water partition coefficient (Wildman–Crippen LogP) is 1.09. The lowest BCUT2D eigenvalue weighted by Gasteiger charge is -2.08. The maximum Gasteiger partial charge on any atom is 0.411 e. The summed E-state index contributed by atoms with van der Waals surface area (Å²) in [6.45, 7) is 1.06. The maximum atomic E-state index is 13.1. The Labute approximate surface area is 170 Å². The van der Waals surface area contributed by atoms with Crippen LogP contribution in [0.4, 0.5) is 5.95 Å². The van der Waals surface area contributed by atoms with Crippen LogP contribution in [0.25, 0.3) is 28.0 Å². The molecule has 0 unspecified atom stereocenters. The Hall–Kier alpha value is -3.72. The van der Waals surface area contributed by atoms with Gasteiger partial charge in [0, 0.05) is 30.0 Å². The number of hydrogen-bond acceptors (Lipinski definition) is 5. The molecule has 0 amide bonds. The number of benzene rings is 1. The summed E-state index contributed by atoms with van der Waals surface area (Å²) in [6.07, 6.45) is 3.44. The molecule has 1 fully saturated rings. The minimum absolute atomic E-state index is 0.0389. The highest BCUT2D eigenvalue weighted by molar-refractivity contribution is 5.88. The summed E-state index contributed by atoms with van der Waals surface area (Å²) in [7, 11) is 0. The summed E-state index contributed by atoms with van der Waals surface area (Å²) in [4.78, 5) is 30.5. The fraction of sp³-hybridized carbons (Fsp3) is 0.238. The molecule has 4 aromatic rings. The van der Waals surface area contributed by atoms with Gasteiger partial charge >= 0.3 is 11.6 Å². The Bertz CT molecular complexity index is 1310. The van der Waals surface area contributed by atoms with E-state index >= 15 is 0 Å². The van der Waals surface area contributed by atoms with Crippen LogP contribution in [0.3, 0.4) is 0 Å². The van der Waals surface area contributed by atoms with Crippen LogP contribution in [0.1, 0.15) is 12.8 Å². The fourth-order valence-electron chi connectivity index (χ4n) is 3.91. The molecule has 1 aliphatic rings. The Morgan fingerprint density at radius 3 is 2.70 bits per heavy atom. The molecule has 1 aromatic carbocycles. The first-order chi connectivity index (χ1) is 14.6. The molecule has 152 valence electrons. The predicted molar refractivity (Wildman–Crippen MR) is 111 cm³/mol. The van der Waals surface area contributed by atoms with Crippen molar-refractivity contribution in [1.29, 1.82) is 0 Å². The number of rotatable bonds is 4. The first kappa shape index (κ1) is 18.3. The van der Waals surface area contributed by atoms with Crippen LogP contribution in [0, 0.1) is 0 Å². The number of fused-ring (bicyclic) bond motifs is 1. The third-order valence-electron chi connectivity index (χ3n) is 5.34. The second-order valence-corrected chi connectivity index (χ2v) is 7.33. The van der Waals surface area contributed by atoms with Crippen molar-refractivity contribution in [1.82, 2.24) is 19.2 Å². The van der Waals surface area contributed by atoms with Gasteiger partial charge in [0.15, 0.2) is 0 Å². The molecule has 3 aromatic heterocycles. The monoisotopic (exact) mass is 405 g/mol. The molecule has 1 saturated heterocycles. The van der Waals surface area contributed by atoms with Gasteiger partial charge in [-0.3, -0.25) is 10.5 Å². The lowest BCUT2D eigenvalue weighted by Crippen LogP contribution is -2.30. The van der Waals surface area contributed by atoms with Gasteiger partial charge in [0.2, 0.25) is 11.2 Å². The number of hydrogen-bond donors (Lipinski definition) is 2. The number of aromatic amines is 2. The molecule has 30 heavy (non-hydrogen) atoms. The van der Waals surface area contributed by atoms with Crippen molar-refractivity contribution in [3.63, 3.8) is 0 Å². The van der Waals surface area contributed by atoms with Crippen LogP contribution in [0.5, 0.6) is 0 Å². The molecule has 0 bridgehead atoms.